The summed E-state index contributed by atoms with van der Waals surface area (Å²) in [6, 6.07) is 32.2. The third-order valence-electron chi connectivity index (χ3n) is 4.07. The molecular weight excluding hydrogens is 310 g/mol. The van der Waals surface area contributed by atoms with E-state index >= 15 is 0 Å². The van der Waals surface area contributed by atoms with Crippen LogP contribution >= 0.6 is 0 Å². The molecule has 0 aromatic heterocycles. The molecule has 0 atom stereocenters. The second-order valence-electron chi connectivity index (χ2n) is 5.62. The van der Waals surface area contributed by atoms with Crippen molar-refractivity contribution in [2.24, 2.45) is 0 Å². The molecule has 0 bridgehead atoms. The molecule has 0 aliphatic heterocycles. The molecule has 0 unspecified atom stereocenters. The van der Waals surface area contributed by atoms with E-state index in [1.807, 2.05) is 0 Å². The van der Waals surface area contributed by atoms with Crippen molar-refractivity contribution < 1.29 is 9.90 Å². The van der Waals surface area contributed by atoms with Crippen molar-refractivity contribution in [1.29, 1.82) is 0 Å². The standard InChI is InChI=1S/C20H20N.C2H4O2/c1-2-21(18-12-6-3-7-13-18,19-14-8-4-9-15-19)20-16-10-5-11-17-20;1-2(3)4/h3-17H,2H2,1H3;1H3,(H,3,4)/q+1;/p-1. The highest BCUT2D eigenvalue weighted by Gasteiger charge is 2.33. The summed E-state index contributed by atoms with van der Waals surface area (Å²) in [4.78, 5) is 8.89. The van der Waals surface area contributed by atoms with Crippen LogP contribution in [-0.2, 0) is 4.79 Å². The van der Waals surface area contributed by atoms with Crippen LogP contribution < -0.4 is 9.59 Å². The Kier molecular flexibility index (Phi) is 6.49. The van der Waals surface area contributed by atoms with E-state index in [-0.39, 0.29) is 0 Å². The SMILES string of the molecule is CC(=O)[O-].CC[N+](c1ccccc1)(c1ccccc1)c1ccccc1. The first-order chi connectivity index (χ1) is 12.1. The summed E-state index contributed by atoms with van der Waals surface area (Å²) in [6.07, 6.45) is 0. The first-order valence-electron chi connectivity index (χ1n) is 8.33. The Hall–Kier alpha value is -2.91. The van der Waals surface area contributed by atoms with Crippen LogP contribution in [0.25, 0.3) is 0 Å². The van der Waals surface area contributed by atoms with Crippen LogP contribution in [0.1, 0.15) is 13.8 Å². The molecule has 3 heteroatoms. The number of carbonyl (C=O) groups excluding carboxylic acids is 1. The van der Waals surface area contributed by atoms with Gasteiger partial charge in [-0.25, -0.2) is 4.48 Å². The average Bonchev–Trinajstić information content (AvgIpc) is 2.65. The lowest BCUT2D eigenvalue weighted by molar-refractivity contribution is -0.302. The van der Waals surface area contributed by atoms with Crippen LogP contribution in [-0.4, -0.2) is 12.5 Å². The quantitative estimate of drug-likeness (QED) is 0.663. The summed E-state index contributed by atoms with van der Waals surface area (Å²) >= 11 is 0. The molecule has 0 amide bonds. The molecule has 25 heavy (non-hydrogen) atoms. The largest absolute Gasteiger partial charge is 0.550 e. The van der Waals surface area contributed by atoms with Gasteiger partial charge in [-0.15, -0.1) is 0 Å². The summed E-state index contributed by atoms with van der Waals surface area (Å²) in [5.74, 6) is -1.08. The molecule has 0 radical (unpaired) electrons. The van der Waals surface area contributed by atoms with E-state index in [1.165, 1.54) is 17.1 Å². The van der Waals surface area contributed by atoms with Crippen LogP contribution in [0, 0.1) is 0 Å². The predicted molar refractivity (Wildman–Crippen MR) is 102 cm³/mol. The Morgan fingerprint density at radius 2 is 0.960 bits per heavy atom. The molecule has 3 rings (SSSR count). The van der Waals surface area contributed by atoms with E-state index in [1.54, 1.807) is 0 Å². The summed E-state index contributed by atoms with van der Waals surface area (Å²) in [6.45, 7) is 4.19. The average molecular weight is 333 g/mol. The minimum atomic E-state index is -1.08. The van der Waals surface area contributed by atoms with E-state index in [4.69, 9.17) is 9.90 Å². The lowest BCUT2D eigenvalue weighted by Gasteiger charge is -2.36. The van der Waals surface area contributed by atoms with Gasteiger partial charge in [0.25, 0.3) is 0 Å². The monoisotopic (exact) mass is 333 g/mol. The number of rotatable bonds is 4. The number of carboxylic acids is 1. The molecule has 0 aliphatic carbocycles. The Bertz CT molecular complexity index is 670. The van der Waals surface area contributed by atoms with Crippen LogP contribution in [0.15, 0.2) is 91.0 Å². The van der Waals surface area contributed by atoms with Gasteiger partial charge in [0, 0.05) is 5.97 Å². The number of nitrogens with zero attached hydrogens (tertiary/aromatic N) is 1. The van der Waals surface area contributed by atoms with Gasteiger partial charge >= 0.3 is 0 Å². The smallest absolute Gasteiger partial charge is 0.143 e. The van der Waals surface area contributed by atoms with Crippen LogP contribution in [0.5, 0.6) is 0 Å². The number of aliphatic carboxylic acids is 1. The second-order valence-corrected chi connectivity index (χ2v) is 5.62. The molecule has 3 aromatic rings. The highest BCUT2D eigenvalue weighted by Crippen LogP contribution is 2.42. The normalized spacial score (nSPS) is 10.5. The molecule has 0 heterocycles. The highest BCUT2D eigenvalue weighted by molar-refractivity contribution is 5.70. The number of quaternary nitrogens is 1. The van der Waals surface area contributed by atoms with Crippen molar-refractivity contribution in [3.05, 3.63) is 91.0 Å². The van der Waals surface area contributed by atoms with Crippen molar-refractivity contribution >= 4 is 23.0 Å². The minimum Gasteiger partial charge on any atom is -0.550 e. The Morgan fingerprint density at radius 1 is 0.720 bits per heavy atom. The number of hydrogen-bond acceptors (Lipinski definition) is 2. The first-order valence-corrected chi connectivity index (χ1v) is 8.33. The van der Waals surface area contributed by atoms with Gasteiger partial charge in [0.05, 0.1) is 6.54 Å². The molecule has 0 aliphatic rings. The lowest BCUT2D eigenvalue weighted by atomic mass is 10.1. The summed E-state index contributed by atoms with van der Waals surface area (Å²) < 4.78 is 0.739. The fraction of sp³-hybridized carbons (Fsp3) is 0.136. The zero-order valence-corrected chi connectivity index (χ0v) is 14.6. The third kappa shape index (κ3) is 4.34. The van der Waals surface area contributed by atoms with Gasteiger partial charge < -0.3 is 9.90 Å². The van der Waals surface area contributed by atoms with Gasteiger partial charge in [-0.1, -0.05) is 54.6 Å². The van der Waals surface area contributed by atoms with Crippen molar-refractivity contribution in [2.45, 2.75) is 13.8 Å². The van der Waals surface area contributed by atoms with E-state index in [9.17, 15) is 0 Å². The van der Waals surface area contributed by atoms with E-state index < -0.39 is 5.97 Å². The Balaban J connectivity index is 0.000000511. The number of benzene rings is 3. The van der Waals surface area contributed by atoms with Gasteiger partial charge in [0.15, 0.2) is 0 Å². The molecule has 0 saturated heterocycles. The zero-order valence-electron chi connectivity index (χ0n) is 14.6. The molecule has 128 valence electrons. The van der Waals surface area contributed by atoms with Crippen LogP contribution in [0.2, 0.25) is 0 Å². The fourth-order valence-electron chi connectivity index (χ4n) is 3.04. The fourth-order valence-corrected chi connectivity index (χ4v) is 3.04. The maximum atomic E-state index is 8.89. The van der Waals surface area contributed by atoms with Crippen molar-refractivity contribution in [2.75, 3.05) is 6.54 Å². The predicted octanol–water partition coefficient (Wildman–Crippen LogP) is 4.43. The van der Waals surface area contributed by atoms with Gasteiger partial charge in [0.1, 0.15) is 17.1 Å². The number of carbonyl (C=O) groups is 1. The van der Waals surface area contributed by atoms with Crippen molar-refractivity contribution in [3.63, 3.8) is 0 Å². The van der Waals surface area contributed by atoms with Crippen LogP contribution in [0.3, 0.4) is 0 Å². The lowest BCUT2D eigenvalue weighted by Crippen LogP contribution is -2.38. The topological polar surface area (TPSA) is 40.1 Å². The maximum Gasteiger partial charge on any atom is 0.143 e. The summed E-state index contributed by atoms with van der Waals surface area (Å²) in [7, 11) is 0. The van der Waals surface area contributed by atoms with Gasteiger partial charge in [0.2, 0.25) is 0 Å². The Labute approximate surface area is 149 Å². The van der Waals surface area contributed by atoms with Gasteiger partial charge in [-0.05, 0) is 50.2 Å². The van der Waals surface area contributed by atoms with Crippen molar-refractivity contribution in [1.82, 2.24) is 4.48 Å². The van der Waals surface area contributed by atoms with Crippen molar-refractivity contribution in [3.8, 4) is 0 Å². The summed E-state index contributed by atoms with van der Waals surface area (Å²) in [5.41, 5.74) is 3.87. The first kappa shape index (κ1) is 18.4. The summed E-state index contributed by atoms with van der Waals surface area (Å²) in [5, 5.41) is 8.89. The molecule has 0 N–H and O–H groups in total. The number of para-hydroxylation sites is 3. The molecule has 0 fully saturated rings. The number of carboxylic acid groups (broad SMARTS) is 1. The Morgan fingerprint density at radius 3 is 1.16 bits per heavy atom. The zero-order chi connectivity index (χ0) is 18.1. The molecule has 3 nitrogen and oxygen atoms in total. The molecular formula is C22H23NO2. The van der Waals surface area contributed by atoms with E-state index in [2.05, 4.69) is 97.9 Å². The third-order valence-corrected chi connectivity index (χ3v) is 4.07. The van der Waals surface area contributed by atoms with Gasteiger partial charge in [-0.3, -0.25) is 0 Å². The minimum absolute atomic E-state index is 0.739. The van der Waals surface area contributed by atoms with E-state index in [0.717, 1.165) is 18.0 Å². The number of hydrogen-bond donors (Lipinski definition) is 0. The highest BCUT2D eigenvalue weighted by atomic mass is 16.4. The maximum absolute atomic E-state index is 8.89. The van der Waals surface area contributed by atoms with Gasteiger partial charge in [-0.2, -0.15) is 0 Å². The second kappa shape index (κ2) is 8.81. The molecule has 0 saturated carbocycles. The molecule has 3 aromatic carbocycles. The van der Waals surface area contributed by atoms with Crippen LogP contribution in [0.4, 0.5) is 17.1 Å². The molecule has 0 spiro atoms. The van der Waals surface area contributed by atoms with E-state index in [0.29, 0.717) is 0 Å².